The van der Waals surface area contributed by atoms with Crippen molar-refractivity contribution in [1.29, 1.82) is 0 Å². The smallest absolute Gasteiger partial charge is 0.233 e. The minimum absolute atomic E-state index is 0.00293. The summed E-state index contributed by atoms with van der Waals surface area (Å²) in [6, 6.07) is 3.94. The van der Waals surface area contributed by atoms with Gasteiger partial charge in [0, 0.05) is 38.3 Å². The van der Waals surface area contributed by atoms with Crippen molar-refractivity contribution < 1.29 is 9.59 Å². The summed E-state index contributed by atoms with van der Waals surface area (Å²) in [6.07, 6.45) is 1.78. The number of aromatic nitrogens is 1. The largest absolute Gasteiger partial charge is 0.357 e. The third kappa shape index (κ3) is 4.50. The highest BCUT2D eigenvalue weighted by molar-refractivity contribution is 6.02. The number of hydrogen-bond donors (Lipinski definition) is 2. The van der Waals surface area contributed by atoms with Crippen LogP contribution >= 0.6 is 0 Å². The van der Waals surface area contributed by atoms with E-state index in [0.29, 0.717) is 13.1 Å². The molecular formula is C19H30N4O2. The number of amides is 2. The van der Waals surface area contributed by atoms with E-state index in [0.717, 1.165) is 24.5 Å². The van der Waals surface area contributed by atoms with Crippen molar-refractivity contribution in [1.82, 2.24) is 15.6 Å². The van der Waals surface area contributed by atoms with Gasteiger partial charge in [0.2, 0.25) is 11.8 Å². The molecule has 1 saturated heterocycles. The second-order valence-electron chi connectivity index (χ2n) is 7.61. The van der Waals surface area contributed by atoms with Crippen LogP contribution in [0.2, 0.25) is 0 Å². The lowest BCUT2D eigenvalue weighted by Gasteiger charge is -2.29. The molecule has 0 radical (unpaired) electrons. The monoisotopic (exact) mass is 346 g/mol. The molecule has 2 amide bonds. The number of hydrogen-bond acceptors (Lipinski definition) is 4. The van der Waals surface area contributed by atoms with E-state index in [9.17, 15) is 9.59 Å². The van der Waals surface area contributed by atoms with E-state index in [4.69, 9.17) is 0 Å². The molecule has 2 rings (SSSR count). The molecule has 0 bridgehead atoms. The Morgan fingerprint density at radius 1 is 1.32 bits per heavy atom. The molecule has 2 atom stereocenters. The van der Waals surface area contributed by atoms with Gasteiger partial charge in [-0.1, -0.05) is 26.8 Å². The number of carbonyl (C=O) groups is 2. The Labute approximate surface area is 150 Å². The molecular weight excluding hydrogens is 316 g/mol. The maximum absolute atomic E-state index is 12.6. The van der Waals surface area contributed by atoms with E-state index >= 15 is 0 Å². The van der Waals surface area contributed by atoms with Crippen molar-refractivity contribution in [2.45, 2.75) is 41.2 Å². The molecule has 0 aliphatic carbocycles. The zero-order valence-electron chi connectivity index (χ0n) is 15.9. The molecule has 6 heteroatoms. The normalized spacial score (nSPS) is 20.3. The first kappa shape index (κ1) is 19.2. The van der Waals surface area contributed by atoms with Crippen LogP contribution in [0.3, 0.4) is 0 Å². The molecule has 0 unspecified atom stereocenters. The van der Waals surface area contributed by atoms with E-state index < -0.39 is 5.92 Å². The van der Waals surface area contributed by atoms with Gasteiger partial charge in [-0.2, -0.15) is 0 Å². The van der Waals surface area contributed by atoms with Crippen molar-refractivity contribution in [2.24, 2.45) is 17.3 Å². The fourth-order valence-electron chi connectivity index (χ4n) is 3.28. The van der Waals surface area contributed by atoms with Crippen LogP contribution in [-0.2, 0) is 16.1 Å². The predicted octanol–water partition coefficient (Wildman–Crippen LogP) is 1.95. The van der Waals surface area contributed by atoms with Gasteiger partial charge in [-0.15, -0.1) is 0 Å². The lowest BCUT2D eigenvalue weighted by atomic mass is 9.74. The van der Waals surface area contributed by atoms with E-state index in [2.05, 4.69) is 55.1 Å². The zero-order valence-corrected chi connectivity index (χ0v) is 15.9. The van der Waals surface area contributed by atoms with Crippen LogP contribution < -0.4 is 15.5 Å². The summed E-state index contributed by atoms with van der Waals surface area (Å²) in [7, 11) is 0. The van der Waals surface area contributed by atoms with Gasteiger partial charge in [0.15, 0.2) is 0 Å². The topological polar surface area (TPSA) is 74.3 Å². The first-order valence-corrected chi connectivity index (χ1v) is 9.03. The Balaban J connectivity index is 1.98. The molecule has 1 fully saturated rings. The number of rotatable bonds is 6. The zero-order chi connectivity index (χ0) is 18.6. The van der Waals surface area contributed by atoms with E-state index in [1.54, 1.807) is 6.20 Å². The maximum Gasteiger partial charge on any atom is 0.233 e. The van der Waals surface area contributed by atoms with Gasteiger partial charge in [0.25, 0.3) is 0 Å². The first-order valence-electron chi connectivity index (χ1n) is 9.03. The SMILES string of the molecule is CCN(CC)c1ccc(CNC(=O)[C@@H]2C(=O)NC[C@H]2C(C)(C)C)cn1. The van der Waals surface area contributed by atoms with Gasteiger partial charge >= 0.3 is 0 Å². The first-order chi connectivity index (χ1) is 11.8. The molecule has 0 spiro atoms. The molecule has 2 N–H and O–H groups in total. The summed E-state index contributed by atoms with van der Waals surface area (Å²) >= 11 is 0. The summed E-state index contributed by atoms with van der Waals surface area (Å²) < 4.78 is 0. The number of pyridine rings is 1. The second kappa shape index (κ2) is 7.85. The molecule has 0 saturated carbocycles. The van der Waals surface area contributed by atoms with Crippen LogP contribution in [-0.4, -0.2) is 36.4 Å². The Hall–Kier alpha value is -2.11. The van der Waals surface area contributed by atoms with Crippen LogP contribution in [0, 0.1) is 17.3 Å². The average Bonchev–Trinajstić information content (AvgIpc) is 2.97. The average molecular weight is 346 g/mol. The molecule has 0 aromatic carbocycles. The Morgan fingerprint density at radius 2 is 2.00 bits per heavy atom. The quantitative estimate of drug-likeness (QED) is 0.772. The Morgan fingerprint density at radius 3 is 2.52 bits per heavy atom. The fraction of sp³-hybridized carbons (Fsp3) is 0.632. The molecule has 1 aromatic heterocycles. The lowest BCUT2D eigenvalue weighted by molar-refractivity contribution is -0.135. The summed E-state index contributed by atoms with van der Waals surface area (Å²) in [6.45, 7) is 13.1. The van der Waals surface area contributed by atoms with E-state index in [-0.39, 0.29) is 23.1 Å². The molecule has 1 aromatic rings. The van der Waals surface area contributed by atoms with Gasteiger partial charge in [0.05, 0.1) is 0 Å². The van der Waals surface area contributed by atoms with Crippen LogP contribution in [0.15, 0.2) is 18.3 Å². The molecule has 138 valence electrons. The van der Waals surface area contributed by atoms with Gasteiger partial charge in [-0.25, -0.2) is 4.98 Å². The van der Waals surface area contributed by atoms with Crippen molar-refractivity contribution in [2.75, 3.05) is 24.5 Å². The van der Waals surface area contributed by atoms with Gasteiger partial charge in [0.1, 0.15) is 11.7 Å². The minimum atomic E-state index is -0.622. The summed E-state index contributed by atoms with van der Waals surface area (Å²) in [5, 5.41) is 5.72. The lowest BCUT2D eigenvalue weighted by Crippen LogP contribution is -2.40. The van der Waals surface area contributed by atoms with Crippen molar-refractivity contribution in [3.63, 3.8) is 0 Å². The van der Waals surface area contributed by atoms with E-state index in [1.807, 2.05) is 12.1 Å². The highest BCUT2D eigenvalue weighted by Gasteiger charge is 2.45. The summed E-state index contributed by atoms with van der Waals surface area (Å²) in [5.41, 5.74) is 0.823. The number of nitrogens with zero attached hydrogens (tertiary/aromatic N) is 2. The highest BCUT2D eigenvalue weighted by Crippen LogP contribution is 2.35. The van der Waals surface area contributed by atoms with Crippen LogP contribution in [0.4, 0.5) is 5.82 Å². The Bertz CT molecular complexity index is 603. The Kier molecular flexibility index (Phi) is 6.03. The van der Waals surface area contributed by atoms with E-state index in [1.165, 1.54) is 0 Å². The third-order valence-electron chi connectivity index (χ3n) is 4.94. The van der Waals surface area contributed by atoms with Gasteiger partial charge in [-0.3, -0.25) is 9.59 Å². The van der Waals surface area contributed by atoms with Crippen LogP contribution in [0.25, 0.3) is 0 Å². The predicted molar refractivity (Wildman–Crippen MR) is 99.1 cm³/mol. The number of nitrogens with one attached hydrogen (secondary N) is 2. The van der Waals surface area contributed by atoms with Crippen molar-refractivity contribution >= 4 is 17.6 Å². The maximum atomic E-state index is 12.6. The second-order valence-corrected chi connectivity index (χ2v) is 7.61. The minimum Gasteiger partial charge on any atom is -0.357 e. The summed E-state index contributed by atoms with van der Waals surface area (Å²) in [4.78, 5) is 31.3. The van der Waals surface area contributed by atoms with Crippen molar-refractivity contribution in [3.05, 3.63) is 23.9 Å². The molecule has 25 heavy (non-hydrogen) atoms. The molecule has 6 nitrogen and oxygen atoms in total. The van der Waals surface area contributed by atoms with Crippen LogP contribution in [0.1, 0.15) is 40.2 Å². The molecule has 1 aliphatic heterocycles. The standard InChI is InChI=1S/C19H30N4O2/c1-6-23(7-2)15-9-8-13(10-20-15)11-21-17(24)16-14(19(3,4)5)12-22-18(16)25/h8-10,14,16H,6-7,11-12H2,1-5H3,(H,21,24)(H,22,25)/t14-,16-/m1/s1. The van der Waals surface area contributed by atoms with Crippen molar-refractivity contribution in [3.8, 4) is 0 Å². The third-order valence-corrected chi connectivity index (χ3v) is 4.94. The van der Waals surface area contributed by atoms with Gasteiger partial charge < -0.3 is 15.5 Å². The molecule has 2 heterocycles. The van der Waals surface area contributed by atoms with Gasteiger partial charge in [-0.05, 0) is 30.9 Å². The molecule has 1 aliphatic rings. The highest BCUT2D eigenvalue weighted by atomic mass is 16.2. The number of anilines is 1. The van der Waals surface area contributed by atoms with Crippen LogP contribution in [0.5, 0.6) is 0 Å². The number of carbonyl (C=O) groups excluding carboxylic acids is 2. The summed E-state index contributed by atoms with van der Waals surface area (Å²) in [5.74, 6) is -0.0655. The fourth-order valence-corrected chi connectivity index (χ4v) is 3.28.